The molecule has 2 heteroatoms. The van der Waals surface area contributed by atoms with Crippen LogP contribution in [-0.2, 0) is 7.05 Å². The molecule has 0 fully saturated rings. The van der Waals surface area contributed by atoms with Crippen molar-refractivity contribution < 1.29 is 4.57 Å². The third kappa shape index (κ3) is 3.64. The Bertz CT molecular complexity index is 137. The first kappa shape index (κ1) is 8.08. The fourth-order valence-corrected chi connectivity index (χ4v) is 0.387. The van der Waals surface area contributed by atoms with Crippen LogP contribution in [-0.4, -0.2) is 4.98 Å². The Kier molecular flexibility index (Phi) is 4.69. The number of rotatable bonds is 0. The highest BCUT2D eigenvalue weighted by molar-refractivity contribution is 4.61. The van der Waals surface area contributed by atoms with Gasteiger partial charge in [0.1, 0.15) is 7.05 Å². The van der Waals surface area contributed by atoms with E-state index in [2.05, 4.69) is 4.98 Å². The molecule has 0 spiro atoms. The van der Waals surface area contributed by atoms with E-state index >= 15 is 0 Å². The molecule has 0 aromatic carbocycles. The van der Waals surface area contributed by atoms with Crippen LogP contribution in [0.5, 0.6) is 0 Å². The second-order valence-corrected chi connectivity index (χ2v) is 1.41. The van der Waals surface area contributed by atoms with Gasteiger partial charge in [-0.25, -0.2) is 4.57 Å². The molecule has 0 saturated carbocycles. The maximum absolute atomic E-state index is 3.82. The van der Waals surface area contributed by atoms with E-state index in [0.29, 0.717) is 0 Å². The van der Waals surface area contributed by atoms with E-state index in [1.807, 2.05) is 37.9 Å². The minimum atomic E-state index is 1.75. The van der Waals surface area contributed by atoms with Crippen molar-refractivity contribution in [3.63, 3.8) is 0 Å². The molecule has 1 aromatic heterocycles. The molecular weight excluding hydrogens is 112 g/mol. The number of aromatic nitrogens is 2. The van der Waals surface area contributed by atoms with Crippen LogP contribution in [0.2, 0.25) is 0 Å². The van der Waals surface area contributed by atoms with Crippen molar-refractivity contribution in [3.8, 4) is 0 Å². The molecule has 1 rings (SSSR count). The second kappa shape index (κ2) is 5.22. The Morgan fingerprint density at radius 3 is 1.78 bits per heavy atom. The van der Waals surface area contributed by atoms with Gasteiger partial charge in [-0.15, -0.1) is 0 Å². The molecule has 1 heterocycles. The maximum atomic E-state index is 3.82. The van der Waals surface area contributed by atoms with Crippen molar-refractivity contribution in [1.29, 1.82) is 0 Å². The quantitative estimate of drug-likeness (QED) is 0.471. The topological polar surface area (TPSA) is 16.8 Å². The Hall–Kier alpha value is -0.920. The Morgan fingerprint density at radius 2 is 1.56 bits per heavy atom. The van der Waals surface area contributed by atoms with Crippen molar-refractivity contribution >= 4 is 0 Å². The summed E-state index contributed by atoms with van der Waals surface area (Å²) in [5.41, 5.74) is 0. The van der Waals surface area contributed by atoms with Crippen LogP contribution in [0.3, 0.4) is 0 Å². The summed E-state index contributed by atoms with van der Waals surface area (Å²) in [5, 5.41) is 0. The van der Waals surface area contributed by atoms with Crippen molar-refractivity contribution in [2.24, 2.45) is 7.05 Å². The van der Waals surface area contributed by atoms with Gasteiger partial charge in [-0.3, -0.25) is 4.98 Å². The van der Waals surface area contributed by atoms with Crippen molar-refractivity contribution in [1.82, 2.24) is 4.98 Å². The lowest BCUT2D eigenvalue weighted by Gasteiger charge is -1.77. The van der Waals surface area contributed by atoms with Crippen molar-refractivity contribution in [2.75, 3.05) is 0 Å². The molecular formula is C7H13N2+. The molecule has 0 amide bonds. The summed E-state index contributed by atoms with van der Waals surface area (Å²) in [7, 11) is 1.96. The minimum absolute atomic E-state index is 1.75. The van der Waals surface area contributed by atoms with E-state index in [1.54, 1.807) is 12.4 Å². The summed E-state index contributed by atoms with van der Waals surface area (Å²) in [6.45, 7) is 4.00. The van der Waals surface area contributed by atoms with Crippen LogP contribution in [0.25, 0.3) is 0 Å². The molecule has 50 valence electrons. The van der Waals surface area contributed by atoms with Crippen LogP contribution in [0.1, 0.15) is 13.8 Å². The zero-order valence-corrected chi connectivity index (χ0v) is 6.20. The normalized spacial score (nSPS) is 7.44. The van der Waals surface area contributed by atoms with Gasteiger partial charge in [0.2, 0.25) is 0 Å². The largest absolute Gasteiger partial charge is 0.252 e. The molecule has 0 atom stereocenters. The van der Waals surface area contributed by atoms with Gasteiger partial charge in [0, 0.05) is 0 Å². The molecule has 9 heavy (non-hydrogen) atoms. The van der Waals surface area contributed by atoms with Crippen LogP contribution < -0.4 is 4.57 Å². The van der Waals surface area contributed by atoms with Crippen LogP contribution >= 0.6 is 0 Å². The Balaban J connectivity index is 0.000000291. The van der Waals surface area contributed by atoms with Gasteiger partial charge >= 0.3 is 0 Å². The molecule has 0 radical (unpaired) electrons. The summed E-state index contributed by atoms with van der Waals surface area (Å²) >= 11 is 0. The SMILES string of the molecule is CC.C[n+]1ccncc1. The van der Waals surface area contributed by atoms with Crippen molar-refractivity contribution in [3.05, 3.63) is 24.8 Å². The van der Waals surface area contributed by atoms with Gasteiger partial charge in [0.25, 0.3) is 0 Å². The molecule has 0 saturated heterocycles. The summed E-state index contributed by atoms with van der Waals surface area (Å²) in [6.07, 6.45) is 7.28. The summed E-state index contributed by atoms with van der Waals surface area (Å²) in [6, 6.07) is 0. The van der Waals surface area contributed by atoms with Gasteiger partial charge in [-0.1, -0.05) is 13.8 Å². The maximum Gasteiger partial charge on any atom is 0.186 e. The lowest BCUT2D eigenvalue weighted by atomic mass is 10.7. The third-order valence-electron chi connectivity index (χ3n) is 0.776. The standard InChI is InChI=1S/C5H7N2.C2H6/c1-7-4-2-6-3-5-7;1-2/h2-5H,1H3;1-2H3/q+1;. The predicted molar refractivity (Wildman–Crippen MR) is 36.8 cm³/mol. The first-order valence-electron chi connectivity index (χ1n) is 3.15. The van der Waals surface area contributed by atoms with Gasteiger partial charge in [0.05, 0.1) is 12.4 Å². The Labute approximate surface area is 56.2 Å². The number of hydrogen-bond donors (Lipinski definition) is 0. The minimum Gasteiger partial charge on any atom is -0.252 e. The molecule has 1 aromatic rings. The predicted octanol–water partition coefficient (Wildman–Crippen LogP) is 0.932. The molecule has 0 bridgehead atoms. The lowest BCUT2D eigenvalue weighted by Crippen LogP contribution is -2.25. The first-order valence-corrected chi connectivity index (χ1v) is 3.15. The third-order valence-corrected chi connectivity index (χ3v) is 0.776. The molecule has 0 aliphatic carbocycles. The number of hydrogen-bond acceptors (Lipinski definition) is 1. The average molecular weight is 125 g/mol. The van der Waals surface area contributed by atoms with Gasteiger partial charge in [0.15, 0.2) is 12.4 Å². The smallest absolute Gasteiger partial charge is 0.186 e. The summed E-state index contributed by atoms with van der Waals surface area (Å²) in [4.78, 5) is 3.82. The zero-order valence-electron chi connectivity index (χ0n) is 6.20. The Morgan fingerprint density at radius 1 is 1.11 bits per heavy atom. The van der Waals surface area contributed by atoms with Crippen molar-refractivity contribution in [2.45, 2.75) is 13.8 Å². The number of nitrogens with zero attached hydrogens (tertiary/aromatic N) is 2. The molecule has 0 unspecified atom stereocenters. The van der Waals surface area contributed by atoms with E-state index in [9.17, 15) is 0 Å². The van der Waals surface area contributed by atoms with E-state index in [4.69, 9.17) is 0 Å². The zero-order chi connectivity index (χ0) is 7.11. The highest BCUT2D eigenvalue weighted by Crippen LogP contribution is 1.63. The van der Waals surface area contributed by atoms with E-state index in [0.717, 1.165) is 0 Å². The number of aryl methyl sites for hydroxylation is 1. The van der Waals surface area contributed by atoms with Gasteiger partial charge in [-0.05, 0) is 0 Å². The monoisotopic (exact) mass is 125 g/mol. The highest BCUT2D eigenvalue weighted by atomic mass is 14.9. The molecule has 0 aliphatic heterocycles. The summed E-state index contributed by atoms with van der Waals surface area (Å²) < 4.78 is 1.94. The molecule has 0 aliphatic rings. The summed E-state index contributed by atoms with van der Waals surface area (Å²) in [5.74, 6) is 0. The average Bonchev–Trinajstić information content (AvgIpc) is 1.94. The van der Waals surface area contributed by atoms with Gasteiger partial charge < -0.3 is 0 Å². The molecule has 2 nitrogen and oxygen atoms in total. The lowest BCUT2D eigenvalue weighted by molar-refractivity contribution is -0.672. The van der Waals surface area contributed by atoms with E-state index < -0.39 is 0 Å². The fraction of sp³-hybridized carbons (Fsp3) is 0.429. The van der Waals surface area contributed by atoms with Crippen LogP contribution in [0.15, 0.2) is 24.8 Å². The first-order chi connectivity index (χ1) is 4.39. The second-order valence-electron chi connectivity index (χ2n) is 1.41. The van der Waals surface area contributed by atoms with Crippen LogP contribution in [0.4, 0.5) is 0 Å². The van der Waals surface area contributed by atoms with Gasteiger partial charge in [-0.2, -0.15) is 0 Å². The van der Waals surface area contributed by atoms with E-state index in [-0.39, 0.29) is 0 Å². The van der Waals surface area contributed by atoms with E-state index in [1.165, 1.54) is 0 Å². The highest BCUT2D eigenvalue weighted by Gasteiger charge is 1.79. The fourth-order valence-electron chi connectivity index (χ4n) is 0.387. The molecule has 0 N–H and O–H groups in total. The van der Waals surface area contributed by atoms with Crippen LogP contribution in [0, 0.1) is 0 Å².